The molecule has 26 heavy (non-hydrogen) atoms. The van der Waals surface area contributed by atoms with Gasteiger partial charge in [-0.1, -0.05) is 18.2 Å². The minimum absolute atomic E-state index is 0.00865. The average molecular weight is 360 g/mol. The first-order chi connectivity index (χ1) is 12.5. The first kappa shape index (κ1) is 18.2. The van der Waals surface area contributed by atoms with Gasteiger partial charge in [-0.2, -0.15) is 0 Å². The quantitative estimate of drug-likeness (QED) is 0.866. The lowest BCUT2D eigenvalue weighted by Crippen LogP contribution is -2.47. The first-order valence-electron chi connectivity index (χ1n) is 8.92. The molecule has 1 unspecified atom stereocenters. The van der Waals surface area contributed by atoms with E-state index >= 15 is 0 Å². The Labute approximate surface area is 152 Å². The molecule has 3 rings (SSSR count). The average Bonchev–Trinajstić information content (AvgIpc) is 2.67. The van der Waals surface area contributed by atoms with Crippen molar-refractivity contribution in [3.63, 3.8) is 0 Å². The van der Waals surface area contributed by atoms with Crippen LogP contribution < -0.4 is 4.74 Å². The summed E-state index contributed by atoms with van der Waals surface area (Å²) in [4.78, 5) is 39.2. The van der Waals surface area contributed by atoms with E-state index in [-0.39, 0.29) is 30.2 Å². The van der Waals surface area contributed by atoms with E-state index in [1.165, 1.54) is 4.90 Å². The Morgan fingerprint density at radius 2 is 1.88 bits per heavy atom. The van der Waals surface area contributed by atoms with Crippen molar-refractivity contribution in [2.24, 2.45) is 11.8 Å². The molecule has 7 heteroatoms. The molecule has 1 aromatic carbocycles. The standard InChI is InChI=1S/C19H24N2O5/c1-20(11-17(22)21-8-6-13(7-9-21)19(24)25)18(23)15-10-14-4-2-3-5-16(14)26-12-15/h2-5,13,15H,6-12H2,1H3,(H,24,25). The smallest absolute Gasteiger partial charge is 0.306 e. The summed E-state index contributed by atoms with van der Waals surface area (Å²) in [6.07, 6.45) is 1.54. The number of hydrogen-bond donors (Lipinski definition) is 1. The van der Waals surface area contributed by atoms with Gasteiger partial charge in [-0.25, -0.2) is 0 Å². The molecule has 1 N–H and O–H groups in total. The minimum atomic E-state index is -0.804. The third-order valence-corrected chi connectivity index (χ3v) is 5.17. The number of carbonyl (C=O) groups excluding carboxylic acids is 2. The number of piperidine rings is 1. The van der Waals surface area contributed by atoms with Gasteiger partial charge in [0.1, 0.15) is 12.4 Å². The summed E-state index contributed by atoms with van der Waals surface area (Å²) in [5.41, 5.74) is 1.01. The second kappa shape index (κ2) is 7.76. The van der Waals surface area contributed by atoms with Crippen LogP contribution in [0.25, 0.3) is 0 Å². The molecular formula is C19H24N2O5. The van der Waals surface area contributed by atoms with Gasteiger partial charge in [0.15, 0.2) is 0 Å². The largest absolute Gasteiger partial charge is 0.492 e. The highest BCUT2D eigenvalue weighted by atomic mass is 16.5. The van der Waals surface area contributed by atoms with Crippen molar-refractivity contribution in [3.8, 4) is 5.75 Å². The molecule has 1 saturated heterocycles. The molecule has 1 fully saturated rings. The van der Waals surface area contributed by atoms with Crippen LogP contribution in [0.4, 0.5) is 0 Å². The highest BCUT2D eigenvalue weighted by molar-refractivity contribution is 5.86. The summed E-state index contributed by atoms with van der Waals surface area (Å²) < 4.78 is 5.66. The zero-order valence-corrected chi connectivity index (χ0v) is 14.9. The molecule has 0 aromatic heterocycles. The van der Waals surface area contributed by atoms with E-state index in [0.717, 1.165) is 11.3 Å². The molecule has 2 aliphatic rings. The van der Waals surface area contributed by atoms with Crippen molar-refractivity contribution >= 4 is 17.8 Å². The molecule has 7 nitrogen and oxygen atoms in total. The lowest BCUT2D eigenvalue weighted by Gasteiger charge is -2.32. The Morgan fingerprint density at radius 3 is 2.58 bits per heavy atom. The molecule has 0 aliphatic carbocycles. The van der Waals surface area contributed by atoms with E-state index in [2.05, 4.69) is 0 Å². The van der Waals surface area contributed by atoms with E-state index in [0.29, 0.717) is 39.0 Å². The summed E-state index contributed by atoms with van der Waals surface area (Å²) in [7, 11) is 1.63. The number of amides is 2. The van der Waals surface area contributed by atoms with Crippen LogP contribution in [0.2, 0.25) is 0 Å². The normalized spacial score (nSPS) is 20.0. The van der Waals surface area contributed by atoms with Gasteiger partial charge in [0.25, 0.3) is 0 Å². The van der Waals surface area contributed by atoms with E-state index in [1.54, 1.807) is 11.9 Å². The Balaban J connectivity index is 1.52. The molecule has 0 bridgehead atoms. The number of carboxylic acid groups (broad SMARTS) is 1. The molecular weight excluding hydrogens is 336 g/mol. The third-order valence-electron chi connectivity index (χ3n) is 5.17. The van der Waals surface area contributed by atoms with Crippen molar-refractivity contribution in [3.05, 3.63) is 29.8 Å². The number of likely N-dealkylation sites (tertiary alicyclic amines) is 1. The van der Waals surface area contributed by atoms with Crippen LogP contribution >= 0.6 is 0 Å². The van der Waals surface area contributed by atoms with Gasteiger partial charge in [-0.3, -0.25) is 14.4 Å². The number of carbonyl (C=O) groups is 3. The second-order valence-electron chi connectivity index (χ2n) is 7.01. The van der Waals surface area contributed by atoms with Crippen LogP contribution in [-0.2, 0) is 20.8 Å². The minimum Gasteiger partial charge on any atom is -0.492 e. The Morgan fingerprint density at radius 1 is 1.19 bits per heavy atom. The van der Waals surface area contributed by atoms with Crippen molar-refractivity contribution < 1.29 is 24.2 Å². The molecule has 0 saturated carbocycles. The molecule has 0 spiro atoms. The maximum Gasteiger partial charge on any atom is 0.306 e. The van der Waals surface area contributed by atoms with E-state index in [4.69, 9.17) is 9.84 Å². The second-order valence-corrected chi connectivity index (χ2v) is 7.01. The number of nitrogens with zero attached hydrogens (tertiary/aromatic N) is 2. The molecule has 2 aliphatic heterocycles. The fraction of sp³-hybridized carbons (Fsp3) is 0.526. The van der Waals surface area contributed by atoms with E-state index in [1.807, 2.05) is 24.3 Å². The molecule has 1 aromatic rings. The monoisotopic (exact) mass is 360 g/mol. The summed E-state index contributed by atoms with van der Waals surface area (Å²) in [6, 6.07) is 7.67. The Hall–Kier alpha value is -2.57. The predicted molar refractivity (Wildman–Crippen MR) is 93.7 cm³/mol. The van der Waals surface area contributed by atoms with Gasteiger partial charge < -0.3 is 19.6 Å². The SMILES string of the molecule is CN(CC(=O)N1CCC(C(=O)O)CC1)C(=O)C1COc2ccccc2C1. The molecule has 2 amide bonds. The van der Waals surface area contributed by atoms with Gasteiger partial charge >= 0.3 is 5.97 Å². The van der Waals surface area contributed by atoms with Gasteiger partial charge in [-0.05, 0) is 30.9 Å². The summed E-state index contributed by atoms with van der Waals surface area (Å²) in [5, 5.41) is 9.03. The molecule has 2 heterocycles. The van der Waals surface area contributed by atoms with Gasteiger partial charge in [0.2, 0.25) is 11.8 Å². The fourth-order valence-electron chi connectivity index (χ4n) is 3.55. The lowest BCUT2D eigenvalue weighted by atomic mass is 9.95. The number of carboxylic acids is 1. The van der Waals surface area contributed by atoms with Crippen molar-refractivity contribution in [2.75, 3.05) is 33.3 Å². The number of rotatable bonds is 4. The Kier molecular flexibility index (Phi) is 5.44. The predicted octanol–water partition coefficient (Wildman–Crippen LogP) is 1.02. The maximum atomic E-state index is 12.7. The fourth-order valence-corrected chi connectivity index (χ4v) is 3.55. The number of hydrogen-bond acceptors (Lipinski definition) is 4. The molecule has 1 atom stereocenters. The van der Waals surface area contributed by atoms with E-state index < -0.39 is 5.97 Å². The summed E-state index contributed by atoms with van der Waals surface area (Å²) >= 11 is 0. The van der Waals surface area contributed by atoms with Crippen LogP contribution in [0.3, 0.4) is 0 Å². The number of aliphatic carboxylic acids is 1. The number of ether oxygens (including phenoxy) is 1. The van der Waals surface area contributed by atoms with E-state index in [9.17, 15) is 14.4 Å². The highest BCUT2D eigenvalue weighted by Gasteiger charge is 2.31. The van der Waals surface area contributed by atoms with Crippen LogP contribution in [0, 0.1) is 11.8 Å². The van der Waals surface area contributed by atoms with Crippen LogP contribution in [0.5, 0.6) is 5.75 Å². The van der Waals surface area contributed by atoms with Crippen LogP contribution in [0.1, 0.15) is 18.4 Å². The third kappa shape index (κ3) is 3.98. The zero-order valence-electron chi connectivity index (χ0n) is 14.9. The van der Waals surface area contributed by atoms with Crippen LogP contribution in [-0.4, -0.2) is 66.0 Å². The number of para-hydroxylation sites is 1. The summed E-state index contributed by atoms with van der Waals surface area (Å²) in [5.74, 6) is -0.896. The number of likely N-dealkylation sites (N-methyl/N-ethyl adjacent to an activating group) is 1. The molecule has 140 valence electrons. The Bertz CT molecular complexity index is 697. The molecule has 0 radical (unpaired) electrons. The summed E-state index contributed by atoms with van der Waals surface area (Å²) in [6.45, 7) is 1.18. The van der Waals surface area contributed by atoms with Crippen molar-refractivity contribution in [1.29, 1.82) is 0 Å². The zero-order chi connectivity index (χ0) is 18.7. The van der Waals surface area contributed by atoms with Gasteiger partial charge in [0.05, 0.1) is 18.4 Å². The van der Waals surface area contributed by atoms with Crippen molar-refractivity contribution in [2.45, 2.75) is 19.3 Å². The number of fused-ring (bicyclic) bond motifs is 1. The maximum absolute atomic E-state index is 12.7. The lowest BCUT2D eigenvalue weighted by molar-refractivity contribution is -0.147. The van der Waals surface area contributed by atoms with Crippen LogP contribution in [0.15, 0.2) is 24.3 Å². The van der Waals surface area contributed by atoms with Gasteiger partial charge in [-0.15, -0.1) is 0 Å². The topological polar surface area (TPSA) is 87.2 Å². The highest BCUT2D eigenvalue weighted by Crippen LogP contribution is 2.27. The number of benzene rings is 1. The first-order valence-corrected chi connectivity index (χ1v) is 8.92. The van der Waals surface area contributed by atoms with Crippen molar-refractivity contribution in [1.82, 2.24) is 9.80 Å². The van der Waals surface area contributed by atoms with Gasteiger partial charge in [0, 0.05) is 20.1 Å².